The normalized spacial score (nSPS) is 14.9. The highest BCUT2D eigenvalue weighted by atomic mass is 16.5. The Bertz CT molecular complexity index is 1010. The van der Waals surface area contributed by atoms with Gasteiger partial charge in [0.1, 0.15) is 5.75 Å². The van der Waals surface area contributed by atoms with E-state index >= 15 is 0 Å². The number of fused-ring (bicyclic) bond motifs is 1. The average Bonchev–Trinajstić information content (AvgIpc) is 2.74. The van der Waals surface area contributed by atoms with Crippen LogP contribution in [0.1, 0.15) is 18.4 Å². The number of hydrogen-bond acceptors (Lipinski definition) is 3. The molecule has 1 N–H and O–H groups in total. The van der Waals surface area contributed by atoms with Crippen molar-refractivity contribution in [1.29, 1.82) is 0 Å². The third kappa shape index (κ3) is 4.09. The molecule has 0 unspecified atom stereocenters. The van der Waals surface area contributed by atoms with Crippen molar-refractivity contribution in [2.24, 2.45) is 5.92 Å². The number of likely N-dealkylation sites (tertiary alicyclic amines) is 1. The molecule has 0 bridgehead atoms. The van der Waals surface area contributed by atoms with Gasteiger partial charge < -0.3 is 14.6 Å². The van der Waals surface area contributed by atoms with Gasteiger partial charge in [-0.2, -0.15) is 0 Å². The quantitative estimate of drug-likeness (QED) is 0.742. The fraction of sp³-hybridized carbons (Fsp3) is 0.304. The number of aromatic amines is 1. The van der Waals surface area contributed by atoms with Crippen molar-refractivity contribution in [3.05, 3.63) is 76.7 Å². The first kappa shape index (κ1) is 18.3. The molecule has 1 amide bonds. The van der Waals surface area contributed by atoms with Gasteiger partial charge in [-0.3, -0.25) is 9.59 Å². The zero-order valence-electron chi connectivity index (χ0n) is 15.8. The van der Waals surface area contributed by atoms with Crippen LogP contribution in [0.4, 0.5) is 0 Å². The number of ether oxygens (including phenoxy) is 1. The van der Waals surface area contributed by atoms with E-state index in [9.17, 15) is 9.59 Å². The van der Waals surface area contributed by atoms with Crippen LogP contribution < -0.4 is 10.3 Å². The third-order valence-corrected chi connectivity index (χ3v) is 5.46. The summed E-state index contributed by atoms with van der Waals surface area (Å²) in [7, 11) is 0. The van der Waals surface area contributed by atoms with Gasteiger partial charge in [-0.15, -0.1) is 0 Å². The molecule has 1 aliphatic rings. The lowest BCUT2D eigenvalue weighted by Gasteiger charge is -2.32. The van der Waals surface area contributed by atoms with Gasteiger partial charge in [0.2, 0.25) is 0 Å². The molecule has 1 fully saturated rings. The van der Waals surface area contributed by atoms with Crippen molar-refractivity contribution < 1.29 is 9.53 Å². The second-order valence-electron chi connectivity index (χ2n) is 7.33. The Labute approximate surface area is 163 Å². The number of rotatable bonds is 5. The van der Waals surface area contributed by atoms with E-state index < -0.39 is 0 Å². The lowest BCUT2D eigenvalue weighted by atomic mass is 9.90. The van der Waals surface area contributed by atoms with Crippen molar-refractivity contribution in [2.45, 2.75) is 19.3 Å². The maximum Gasteiger partial charge on any atom is 0.260 e. The zero-order chi connectivity index (χ0) is 19.3. The molecule has 1 aliphatic heterocycles. The SMILES string of the molecule is O=C(COc1cccc2c(=O)[nH]ccc12)N1CCC(Cc2ccccc2)CC1. The predicted octanol–water partition coefficient (Wildman–Crippen LogP) is 3.39. The number of nitrogens with zero attached hydrogens (tertiary/aromatic N) is 1. The van der Waals surface area contributed by atoms with E-state index in [4.69, 9.17) is 4.74 Å². The first-order valence-corrected chi connectivity index (χ1v) is 9.75. The molecular formula is C23H24N2O3. The number of carbonyl (C=O) groups is 1. The number of aromatic nitrogens is 1. The minimum absolute atomic E-state index is 0.00000438. The number of nitrogens with one attached hydrogen (secondary N) is 1. The highest BCUT2D eigenvalue weighted by molar-refractivity contribution is 5.87. The molecule has 0 saturated carbocycles. The molecule has 5 heteroatoms. The predicted molar refractivity (Wildman–Crippen MR) is 110 cm³/mol. The molecule has 0 atom stereocenters. The van der Waals surface area contributed by atoms with Crippen LogP contribution in [-0.2, 0) is 11.2 Å². The molecule has 28 heavy (non-hydrogen) atoms. The molecule has 2 aromatic carbocycles. The van der Waals surface area contributed by atoms with Crippen LogP contribution in [0.2, 0.25) is 0 Å². The van der Waals surface area contributed by atoms with Gasteiger partial charge in [-0.25, -0.2) is 0 Å². The summed E-state index contributed by atoms with van der Waals surface area (Å²) in [5, 5.41) is 1.29. The van der Waals surface area contributed by atoms with Crippen LogP contribution in [0.5, 0.6) is 5.75 Å². The third-order valence-electron chi connectivity index (χ3n) is 5.46. The number of carbonyl (C=O) groups excluding carboxylic acids is 1. The van der Waals surface area contributed by atoms with E-state index in [2.05, 4.69) is 29.2 Å². The Balaban J connectivity index is 1.32. The van der Waals surface area contributed by atoms with Crippen LogP contribution in [0.3, 0.4) is 0 Å². The molecule has 0 radical (unpaired) electrons. The van der Waals surface area contributed by atoms with Gasteiger partial charge >= 0.3 is 0 Å². The van der Waals surface area contributed by atoms with Gasteiger partial charge in [-0.05, 0) is 48.9 Å². The molecule has 0 aliphatic carbocycles. The van der Waals surface area contributed by atoms with Gasteiger partial charge in [0, 0.05) is 24.7 Å². The van der Waals surface area contributed by atoms with E-state index in [0.29, 0.717) is 17.1 Å². The summed E-state index contributed by atoms with van der Waals surface area (Å²) < 4.78 is 5.77. The smallest absolute Gasteiger partial charge is 0.260 e. The first-order chi connectivity index (χ1) is 13.7. The molecule has 2 heterocycles. The Kier molecular flexibility index (Phi) is 5.42. The molecule has 144 valence electrons. The van der Waals surface area contributed by atoms with E-state index in [1.54, 1.807) is 30.5 Å². The van der Waals surface area contributed by atoms with Crippen molar-refractivity contribution in [3.63, 3.8) is 0 Å². The molecule has 4 rings (SSSR count). The van der Waals surface area contributed by atoms with Crippen molar-refractivity contribution in [2.75, 3.05) is 19.7 Å². The van der Waals surface area contributed by atoms with Crippen molar-refractivity contribution in [1.82, 2.24) is 9.88 Å². The summed E-state index contributed by atoms with van der Waals surface area (Å²) in [6, 6.07) is 17.6. The molecule has 1 saturated heterocycles. The largest absolute Gasteiger partial charge is 0.483 e. The summed E-state index contributed by atoms with van der Waals surface area (Å²) >= 11 is 0. The van der Waals surface area contributed by atoms with Crippen LogP contribution in [0, 0.1) is 5.92 Å². The van der Waals surface area contributed by atoms with Crippen LogP contribution in [0.25, 0.3) is 10.8 Å². The van der Waals surface area contributed by atoms with E-state index in [1.165, 1.54) is 5.56 Å². The summed E-state index contributed by atoms with van der Waals surface area (Å²) in [5.41, 5.74) is 1.20. The van der Waals surface area contributed by atoms with Crippen LogP contribution in [-0.4, -0.2) is 35.5 Å². The number of amides is 1. The molecule has 1 aromatic heterocycles. The highest BCUT2D eigenvalue weighted by Gasteiger charge is 2.23. The monoisotopic (exact) mass is 376 g/mol. The lowest BCUT2D eigenvalue weighted by Crippen LogP contribution is -2.41. The topological polar surface area (TPSA) is 62.4 Å². The number of benzene rings is 2. The van der Waals surface area contributed by atoms with E-state index in [1.807, 2.05) is 11.0 Å². The van der Waals surface area contributed by atoms with Gasteiger partial charge in [0.15, 0.2) is 6.61 Å². The Morgan fingerprint density at radius 3 is 2.57 bits per heavy atom. The fourth-order valence-electron chi connectivity index (χ4n) is 3.88. The number of pyridine rings is 1. The molecule has 0 spiro atoms. The van der Waals surface area contributed by atoms with Gasteiger partial charge in [0.05, 0.1) is 5.39 Å². The summed E-state index contributed by atoms with van der Waals surface area (Å²) in [5.74, 6) is 1.19. The lowest BCUT2D eigenvalue weighted by molar-refractivity contribution is -0.134. The number of H-pyrrole nitrogens is 1. The van der Waals surface area contributed by atoms with Gasteiger partial charge in [0.25, 0.3) is 11.5 Å². The molecule has 3 aromatic rings. The molecular weight excluding hydrogens is 352 g/mol. The maximum absolute atomic E-state index is 12.6. The zero-order valence-corrected chi connectivity index (χ0v) is 15.8. The Morgan fingerprint density at radius 2 is 1.79 bits per heavy atom. The summed E-state index contributed by atoms with van der Waals surface area (Å²) in [4.78, 5) is 29.0. The maximum atomic E-state index is 12.6. The molecule has 5 nitrogen and oxygen atoms in total. The Morgan fingerprint density at radius 1 is 1.00 bits per heavy atom. The number of piperidine rings is 1. The first-order valence-electron chi connectivity index (χ1n) is 9.75. The fourth-order valence-corrected chi connectivity index (χ4v) is 3.88. The minimum atomic E-state index is -0.158. The van der Waals surface area contributed by atoms with Crippen molar-refractivity contribution in [3.8, 4) is 5.75 Å². The van der Waals surface area contributed by atoms with E-state index in [-0.39, 0.29) is 18.1 Å². The second kappa shape index (κ2) is 8.30. The second-order valence-corrected chi connectivity index (χ2v) is 7.33. The van der Waals surface area contributed by atoms with Crippen molar-refractivity contribution >= 4 is 16.7 Å². The standard InChI is InChI=1S/C23H24N2O3/c26-22(16-28-21-8-4-7-20-19(21)9-12-24-23(20)27)25-13-10-18(11-14-25)15-17-5-2-1-3-6-17/h1-9,12,18H,10-11,13-16H2,(H,24,27). The summed E-state index contributed by atoms with van der Waals surface area (Å²) in [6.45, 7) is 1.54. The Hall–Kier alpha value is -3.08. The number of hydrogen-bond donors (Lipinski definition) is 1. The minimum Gasteiger partial charge on any atom is -0.483 e. The summed E-state index contributed by atoms with van der Waals surface area (Å²) in [6.07, 6.45) is 4.70. The van der Waals surface area contributed by atoms with Crippen LogP contribution >= 0.6 is 0 Å². The van der Waals surface area contributed by atoms with Crippen LogP contribution in [0.15, 0.2) is 65.6 Å². The average molecular weight is 376 g/mol. The highest BCUT2D eigenvalue weighted by Crippen LogP contribution is 2.24. The van der Waals surface area contributed by atoms with E-state index in [0.717, 1.165) is 37.7 Å². The van der Waals surface area contributed by atoms with Gasteiger partial charge in [-0.1, -0.05) is 36.4 Å².